The van der Waals surface area contributed by atoms with Crippen LogP contribution in [0.1, 0.15) is 11.3 Å². The van der Waals surface area contributed by atoms with Crippen LogP contribution in [0.3, 0.4) is 0 Å². The van der Waals surface area contributed by atoms with Gasteiger partial charge in [0.05, 0.1) is 9.85 Å². The molecule has 0 fully saturated rings. The average Bonchev–Trinajstić information content (AvgIpc) is 3.04. The fourth-order valence-electron chi connectivity index (χ4n) is 2.67. The number of carbonyl (C=O) groups is 1. The fraction of sp³-hybridized carbons (Fsp3) is 0.158. The van der Waals surface area contributed by atoms with Gasteiger partial charge in [0.25, 0.3) is 5.69 Å². The highest BCUT2D eigenvalue weighted by Crippen LogP contribution is 2.33. The van der Waals surface area contributed by atoms with Gasteiger partial charge in [0.2, 0.25) is 5.91 Å². The maximum absolute atomic E-state index is 12.4. The van der Waals surface area contributed by atoms with E-state index in [0.717, 1.165) is 16.7 Å². The minimum Gasteiger partial charge on any atom is -0.324 e. The van der Waals surface area contributed by atoms with Gasteiger partial charge >= 0.3 is 5.69 Å². The molecule has 2 aromatic carbocycles. The summed E-state index contributed by atoms with van der Waals surface area (Å²) in [6.07, 6.45) is 1.08. The first kappa shape index (κ1) is 21.0. The van der Waals surface area contributed by atoms with Crippen molar-refractivity contribution >= 4 is 34.7 Å². The number of non-ortho nitro benzene ring substituents is 1. The Labute approximate surface area is 175 Å². The van der Waals surface area contributed by atoms with Gasteiger partial charge in [-0.15, -0.1) is 0 Å². The molecular weight excluding hydrogens is 410 g/mol. The number of nitro benzene ring substituents is 1. The summed E-state index contributed by atoms with van der Waals surface area (Å²) in [5.74, 6) is -0.511. The molecule has 0 aliphatic heterocycles. The number of rotatable bonds is 7. The van der Waals surface area contributed by atoms with E-state index in [1.54, 1.807) is 6.07 Å². The van der Waals surface area contributed by atoms with Crippen LogP contribution in [-0.4, -0.2) is 25.5 Å². The zero-order chi connectivity index (χ0) is 21.8. The monoisotopic (exact) mass is 427 g/mol. The fourth-order valence-corrected chi connectivity index (χ4v) is 3.58. The number of nitro groups is 2. The highest BCUT2D eigenvalue weighted by molar-refractivity contribution is 7.99. The van der Waals surface area contributed by atoms with E-state index in [-0.39, 0.29) is 29.3 Å². The molecule has 1 amide bonds. The summed E-state index contributed by atoms with van der Waals surface area (Å²) in [7, 11) is 0. The number of benzene rings is 2. The lowest BCUT2D eigenvalue weighted by Crippen LogP contribution is -2.20. The van der Waals surface area contributed by atoms with Gasteiger partial charge in [-0.25, -0.2) is 0 Å². The summed E-state index contributed by atoms with van der Waals surface area (Å²) >= 11 is 1.33. The second-order valence-electron chi connectivity index (χ2n) is 6.47. The van der Waals surface area contributed by atoms with E-state index in [1.807, 2.05) is 31.2 Å². The second kappa shape index (κ2) is 8.74. The van der Waals surface area contributed by atoms with Crippen LogP contribution in [0.5, 0.6) is 0 Å². The first-order valence-electron chi connectivity index (χ1n) is 8.73. The molecule has 0 spiro atoms. The van der Waals surface area contributed by atoms with Crippen molar-refractivity contribution in [1.29, 1.82) is 0 Å². The Kier molecular flexibility index (Phi) is 6.11. The molecule has 1 N–H and O–H groups in total. The zero-order valence-electron chi connectivity index (χ0n) is 16.1. The van der Waals surface area contributed by atoms with E-state index in [4.69, 9.17) is 0 Å². The van der Waals surface area contributed by atoms with E-state index in [2.05, 4.69) is 10.4 Å². The Hall–Kier alpha value is -3.73. The lowest BCUT2D eigenvalue weighted by atomic mass is 10.2. The molecule has 0 aliphatic rings. The first-order valence-corrected chi connectivity index (χ1v) is 9.55. The molecule has 10 nitrogen and oxygen atoms in total. The van der Waals surface area contributed by atoms with Gasteiger partial charge in [-0.05, 0) is 32.0 Å². The number of nitrogens with zero attached hydrogens (tertiary/aromatic N) is 4. The number of hydrogen-bond donors (Lipinski definition) is 1. The Morgan fingerprint density at radius 1 is 1.07 bits per heavy atom. The predicted octanol–water partition coefficient (Wildman–Crippen LogP) is 4.11. The third-order valence-electron chi connectivity index (χ3n) is 4.21. The van der Waals surface area contributed by atoms with E-state index in [0.29, 0.717) is 4.90 Å². The second-order valence-corrected chi connectivity index (χ2v) is 7.61. The van der Waals surface area contributed by atoms with Gasteiger partial charge in [0.15, 0.2) is 0 Å². The Bertz CT molecular complexity index is 1130. The Morgan fingerprint density at radius 2 is 1.77 bits per heavy atom. The number of hydrogen-bond acceptors (Lipinski definition) is 7. The van der Waals surface area contributed by atoms with Crippen LogP contribution >= 0.6 is 11.8 Å². The van der Waals surface area contributed by atoms with Gasteiger partial charge in [-0.3, -0.25) is 29.7 Å². The summed E-state index contributed by atoms with van der Waals surface area (Å²) in [6, 6.07) is 12.0. The van der Waals surface area contributed by atoms with Crippen molar-refractivity contribution in [3.63, 3.8) is 0 Å². The molecule has 0 saturated heterocycles. The summed E-state index contributed by atoms with van der Waals surface area (Å²) in [5, 5.41) is 28.6. The van der Waals surface area contributed by atoms with E-state index in [1.165, 1.54) is 35.5 Å². The van der Waals surface area contributed by atoms with Gasteiger partial charge in [0.1, 0.15) is 18.4 Å². The van der Waals surface area contributed by atoms with Crippen LogP contribution in [0.25, 0.3) is 0 Å². The minimum absolute atomic E-state index is 0.159. The number of nitrogens with one attached hydrogen (secondary N) is 1. The molecule has 1 heterocycles. The minimum atomic E-state index is -0.578. The molecule has 30 heavy (non-hydrogen) atoms. The normalized spacial score (nSPS) is 10.6. The van der Waals surface area contributed by atoms with Crippen molar-refractivity contribution in [2.45, 2.75) is 30.2 Å². The summed E-state index contributed by atoms with van der Waals surface area (Å²) in [5.41, 5.74) is 1.25. The van der Waals surface area contributed by atoms with Crippen LogP contribution in [0.4, 0.5) is 17.1 Å². The van der Waals surface area contributed by atoms with Crippen molar-refractivity contribution in [1.82, 2.24) is 9.78 Å². The smallest absolute Gasteiger partial charge is 0.309 e. The predicted molar refractivity (Wildman–Crippen MR) is 111 cm³/mol. The van der Waals surface area contributed by atoms with Crippen LogP contribution in [0, 0.1) is 34.1 Å². The standard InChI is InChI=1S/C19H17N5O5S/c1-12-3-5-16(6-4-12)30-17-8-14(7-15(9-17)23(26)27)21-19(25)11-22-13(2)18(10-20-22)24(28)29/h3-10H,11H2,1-2H3,(H,21,25). The topological polar surface area (TPSA) is 133 Å². The molecule has 3 rings (SSSR count). The highest BCUT2D eigenvalue weighted by atomic mass is 32.2. The molecule has 0 atom stereocenters. The summed E-state index contributed by atoms with van der Waals surface area (Å²) in [4.78, 5) is 35.0. The molecule has 0 bridgehead atoms. The molecular formula is C19H17N5O5S. The maximum Gasteiger partial charge on any atom is 0.309 e. The van der Waals surface area contributed by atoms with E-state index >= 15 is 0 Å². The van der Waals surface area contributed by atoms with Crippen molar-refractivity contribution < 1.29 is 14.6 Å². The van der Waals surface area contributed by atoms with Crippen molar-refractivity contribution in [3.05, 3.63) is 80.1 Å². The van der Waals surface area contributed by atoms with Crippen molar-refractivity contribution in [2.24, 2.45) is 0 Å². The SMILES string of the molecule is Cc1ccc(Sc2cc(NC(=O)Cn3ncc([N+](=O)[O-])c3C)cc([N+](=O)[O-])c2)cc1. The Morgan fingerprint density at radius 3 is 2.37 bits per heavy atom. The number of amides is 1. The molecule has 0 saturated carbocycles. The Balaban J connectivity index is 1.79. The molecule has 11 heteroatoms. The van der Waals surface area contributed by atoms with Gasteiger partial charge < -0.3 is 5.32 Å². The number of aromatic nitrogens is 2. The summed E-state index contributed by atoms with van der Waals surface area (Å²) < 4.78 is 1.20. The molecule has 0 aliphatic carbocycles. The third kappa shape index (κ3) is 5.00. The molecule has 0 radical (unpaired) electrons. The van der Waals surface area contributed by atoms with Gasteiger partial charge in [-0.2, -0.15) is 5.10 Å². The van der Waals surface area contributed by atoms with Crippen LogP contribution in [0.15, 0.2) is 58.5 Å². The maximum atomic E-state index is 12.4. The molecule has 154 valence electrons. The quantitative estimate of drug-likeness (QED) is 0.443. The lowest BCUT2D eigenvalue weighted by molar-refractivity contribution is -0.385. The van der Waals surface area contributed by atoms with Gasteiger partial charge in [-0.1, -0.05) is 29.5 Å². The highest BCUT2D eigenvalue weighted by Gasteiger charge is 2.18. The zero-order valence-corrected chi connectivity index (χ0v) is 16.9. The number of anilines is 1. The van der Waals surface area contributed by atoms with E-state index in [9.17, 15) is 25.0 Å². The average molecular weight is 427 g/mol. The van der Waals surface area contributed by atoms with Crippen LogP contribution in [-0.2, 0) is 11.3 Å². The molecule has 0 unspecified atom stereocenters. The first-order chi connectivity index (χ1) is 14.2. The largest absolute Gasteiger partial charge is 0.324 e. The van der Waals surface area contributed by atoms with Gasteiger partial charge in [0, 0.05) is 27.6 Å². The third-order valence-corrected chi connectivity index (χ3v) is 5.19. The van der Waals surface area contributed by atoms with E-state index < -0.39 is 15.8 Å². The van der Waals surface area contributed by atoms with Crippen LogP contribution in [0.2, 0.25) is 0 Å². The summed E-state index contributed by atoms with van der Waals surface area (Å²) in [6.45, 7) is 3.19. The molecule has 3 aromatic rings. The number of carbonyl (C=O) groups excluding carboxylic acids is 1. The van der Waals surface area contributed by atoms with Crippen molar-refractivity contribution in [2.75, 3.05) is 5.32 Å². The number of aryl methyl sites for hydroxylation is 1. The molecule has 1 aromatic heterocycles. The van der Waals surface area contributed by atoms with Crippen molar-refractivity contribution in [3.8, 4) is 0 Å². The lowest BCUT2D eigenvalue weighted by Gasteiger charge is -2.09. The van der Waals surface area contributed by atoms with Crippen LogP contribution < -0.4 is 5.32 Å².